The first-order chi connectivity index (χ1) is 36.3. The molecular weight excluding hydrogens is 923 g/mol. The molecule has 1 heterocycles. The minimum Gasteiger partial charge on any atom is -0.394 e. The molecule has 0 aromatic carbocycles. The van der Waals surface area contributed by atoms with Gasteiger partial charge >= 0.3 is 0 Å². The predicted octanol–water partition coefficient (Wildman–Crippen LogP) is 16.5. The summed E-state index contributed by atoms with van der Waals surface area (Å²) in [6.07, 6.45) is 65.8. The molecule has 434 valence electrons. The van der Waals surface area contributed by atoms with Crippen molar-refractivity contribution in [3.8, 4) is 0 Å². The van der Waals surface area contributed by atoms with Gasteiger partial charge in [0.25, 0.3) is 0 Å². The maximum Gasteiger partial charge on any atom is 0.220 e. The molecule has 0 aromatic heterocycles. The van der Waals surface area contributed by atoms with E-state index in [2.05, 4.69) is 67.8 Å². The quantitative estimate of drug-likeness (QED) is 0.0261. The normalized spacial score (nSPS) is 19.3. The zero-order valence-electron chi connectivity index (χ0n) is 48.4. The molecule has 74 heavy (non-hydrogen) atoms. The molecule has 0 radical (unpaired) electrons. The Labute approximate surface area is 456 Å². The summed E-state index contributed by atoms with van der Waals surface area (Å²) in [5, 5.41) is 54.8. The lowest BCUT2D eigenvalue weighted by Gasteiger charge is -2.40. The van der Waals surface area contributed by atoms with Crippen LogP contribution >= 0.6 is 0 Å². The van der Waals surface area contributed by atoms with E-state index in [1.165, 1.54) is 212 Å². The molecule has 0 saturated carbocycles. The van der Waals surface area contributed by atoms with Gasteiger partial charge in [-0.3, -0.25) is 4.79 Å². The van der Waals surface area contributed by atoms with E-state index >= 15 is 0 Å². The van der Waals surface area contributed by atoms with Gasteiger partial charge in [-0.1, -0.05) is 294 Å². The highest BCUT2D eigenvalue weighted by Gasteiger charge is 2.44. The molecule has 0 bridgehead atoms. The third-order valence-corrected chi connectivity index (χ3v) is 15.2. The molecule has 1 amide bonds. The van der Waals surface area contributed by atoms with Crippen molar-refractivity contribution in [3.05, 3.63) is 48.6 Å². The zero-order chi connectivity index (χ0) is 53.6. The first-order valence-corrected chi connectivity index (χ1v) is 31.8. The van der Waals surface area contributed by atoms with Gasteiger partial charge in [-0.05, 0) is 51.4 Å². The van der Waals surface area contributed by atoms with Crippen molar-refractivity contribution in [1.29, 1.82) is 0 Å². The van der Waals surface area contributed by atoms with Crippen LogP contribution in [0.2, 0.25) is 0 Å². The van der Waals surface area contributed by atoms with Crippen LogP contribution in [0.5, 0.6) is 0 Å². The van der Waals surface area contributed by atoms with E-state index in [0.29, 0.717) is 12.8 Å². The Bertz CT molecular complexity index is 1300. The average Bonchev–Trinajstić information content (AvgIpc) is 3.40. The highest BCUT2D eigenvalue weighted by Crippen LogP contribution is 2.23. The van der Waals surface area contributed by atoms with Gasteiger partial charge in [0.15, 0.2) is 6.29 Å². The second-order valence-electron chi connectivity index (χ2n) is 22.2. The number of hydrogen-bond donors (Lipinski definition) is 6. The lowest BCUT2D eigenvalue weighted by Crippen LogP contribution is -2.60. The van der Waals surface area contributed by atoms with Crippen molar-refractivity contribution in [2.75, 3.05) is 13.2 Å². The fraction of sp³-hybridized carbons (Fsp3) is 0.862. The van der Waals surface area contributed by atoms with E-state index in [-0.39, 0.29) is 12.5 Å². The van der Waals surface area contributed by atoms with Crippen LogP contribution in [0.25, 0.3) is 0 Å². The number of allylic oxidation sites excluding steroid dienone is 8. The number of unbranched alkanes of at least 4 members (excludes halogenated alkanes) is 37. The van der Waals surface area contributed by atoms with Crippen molar-refractivity contribution in [2.24, 2.45) is 0 Å². The molecule has 0 aliphatic carbocycles. The fourth-order valence-corrected chi connectivity index (χ4v) is 10.2. The number of amides is 1. The number of carbonyl (C=O) groups excluding carboxylic acids is 1. The van der Waals surface area contributed by atoms with Crippen LogP contribution in [-0.4, -0.2) is 87.5 Å². The van der Waals surface area contributed by atoms with E-state index < -0.39 is 49.5 Å². The van der Waals surface area contributed by atoms with Crippen LogP contribution in [0.4, 0.5) is 0 Å². The molecule has 9 nitrogen and oxygen atoms in total. The van der Waals surface area contributed by atoms with Crippen LogP contribution in [0.3, 0.4) is 0 Å². The number of hydrogen-bond acceptors (Lipinski definition) is 8. The Balaban J connectivity index is 2.13. The minimum atomic E-state index is -1.55. The summed E-state index contributed by atoms with van der Waals surface area (Å²) in [7, 11) is 0. The lowest BCUT2D eigenvalue weighted by molar-refractivity contribution is -0.302. The van der Waals surface area contributed by atoms with E-state index in [0.717, 1.165) is 64.2 Å². The Morgan fingerprint density at radius 2 is 0.838 bits per heavy atom. The van der Waals surface area contributed by atoms with Gasteiger partial charge < -0.3 is 40.3 Å². The number of nitrogens with one attached hydrogen (secondary N) is 1. The molecule has 1 aliphatic rings. The standard InChI is InChI=1S/C65H121NO8/c1-3-5-7-9-11-13-15-17-19-21-23-25-26-27-28-29-30-31-32-33-34-35-37-39-41-43-45-47-49-51-53-55-61(69)66-58(57-73-65-64(72)63(71)62(70)60(56-67)74-65)59(68)54-52-50-48-46-44-42-40-38-36-24-22-20-18-16-14-12-10-8-6-4-2/h5,7,11,13,17,19,23,25,58-60,62-65,67-68,70-72H,3-4,6,8-10,12,14-16,18,20-22,24,26-57H2,1-2H3,(H,66,69)/b7-5-,13-11-,19-17-,25-23-. The smallest absolute Gasteiger partial charge is 0.220 e. The van der Waals surface area contributed by atoms with E-state index in [1.54, 1.807) is 0 Å². The maximum atomic E-state index is 13.1. The van der Waals surface area contributed by atoms with Gasteiger partial charge in [0.2, 0.25) is 5.91 Å². The lowest BCUT2D eigenvalue weighted by atomic mass is 9.99. The molecule has 6 N–H and O–H groups in total. The van der Waals surface area contributed by atoms with Crippen molar-refractivity contribution < 1.29 is 39.8 Å². The number of aliphatic hydroxyl groups is 5. The molecule has 7 unspecified atom stereocenters. The third kappa shape index (κ3) is 43.2. The Hall–Kier alpha value is -1.85. The summed E-state index contributed by atoms with van der Waals surface area (Å²) < 4.78 is 11.3. The van der Waals surface area contributed by atoms with E-state index in [1.807, 2.05) is 0 Å². The van der Waals surface area contributed by atoms with Crippen LogP contribution in [-0.2, 0) is 14.3 Å². The summed E-state index contributed by atoms with van der Waals surface area (Å²) in [4.78, 5) is 13.1. The summed E-state index contributed by atoms with van der Waals surface area (Å²) in [5.41, 5.74) is 0. The highest BCUT2D eigenvalue weighted by atomic mass is 16.7. The number of carbonyl (C=O) groups is 1. The van der Waals surface area contributed by atoms with Gasteiger partial charge in [-0.2, -0.15) is 0 Å². The van der Waals surface area contributed by atoms with Gasteiger partial charge in [0, 0.05) is 6.42 Å². The first kappa shape index (κ1) is 70.2. The second-order valence-corrected chi connectivity index (χ2v) is 22.2. The van der Waals surface area contributed by atoms with Crippen molar-refractivity contribution in [1.82, 2.24) is 5.32 Å². The molecule has 9 heteroatoms. The van der Waals surface area contributed by atoms with Crippen LogP contribution in [0, 0.1) is 0 Å². The topological polar surface area (TPSA) is 149 Å². The summed E-state index contributed by atoms with van der Waals surface area (Å²) in [6.45, 7) is 3.76. The van der Waals surface area contributed by atoms with E-state index in [4.69, 9.17) is 9.47 Å². The Morgan fingerprint density at radius 1 is 0.473 bits per heavy atom. The minimum absolute atomic E-state index is 0.135. The van der Waals surface area contributed by atoms with Crippen molar-refractivity contribution >= 4 is 5.91 Å². The van der Waals surface area contributed by atoms with E-state index in [9.17, 15) is 30.3 Å². The number of ether oxygens (including phenoxy) is 2. The predicted molar refractivity (Wildman–Crippen MR) is 313 cm³/mol. The molecule has 1 fully saturated rings. The zero-order valence-corrected chi connectivity index (χ0v) is 48.4. The van der Waals surface area contributed by atoms with Crippen LogP contribution in [0.15, 0.2) is 48.6 Å². The molecule has 1 rings (SSSR count). The molecule has 7 atom stereocenters. The van der Waals surface area contributed by atoms with Gasteiger partial charge in [-0.25, -0.2) is 0 Å². The number of aliphatic hydroxyl groups excluding tert-OH is 5. The summed E-state index contributed by atoms with van der Waals surface area (Å²) in [5.74, 6) is -0.140. The second kappa shape index (κ2) is 54.5. The van der Waals surface area contributed by atoms with Gasteiger partial charge in [-0.15, -0.1) is 0 Å². The van der Waals surface area contributed by atoms with Crippen molar-refractivity contribution in [2.45, 2.75) is 346 Å². The summed E-state index contributed by atoms with van der Waals surface area (Å²) in [6, 6.07) is -0.719. The van der Waals surface area contributed by atoms with Gasteiger partial charge in [0.05, 0.1) is 25.4 Å². The highest BCUT2D eigenvalue weighted by molar-refractivity contribution is 5.76. The molecule has 1 saturated heterocycles. The third-order valence-electron chi connectivity index (χ3n) is 15.2. The molecule has 0 aromatic rings. The number of rotatable bonds is 55. The SMILES string of the molecule is CC/C=C\C/C=C\C/C=C\C/C=C\CCCCCCCCCCCCCCCCCCCCC(=O)NC(COC1OC(CO)C(O)C(O)C1O)C(O)CCCCCCCCCCCCCCCCCCCCCC. The largest absolute Gasteiger partial charge is 0.394 e. The van der Waals surface area contributed by atoms with Gasteiger partial charge in [0.1, 0.15) is 24.4 Å². The van der Waals surface area contributed by atoms with Crippen LogP contribution < -0.4 is 5.32 Å². The van der Waals surface area contributed by atoms with Crippen molar-refractivity contribution in [3.63, 3.8) is 0 Å². The Morgan fingerprint density at radius 3 is 1.24 bits per heavy atom. The maximum absolute atomic E-state index is 13.1. The molecule has 0 spiro atoms. The molecule has 1 aliphatic heterocycles. The summed E-state index contributed by atoms with van der Waals surface area (Å²) >= 11 is 0. The first-order valence-electron chi connectivity index (χ1n) is 31.8. The Kier molecular flexibility index (Phi) is 51.7. The fourth-order valence-electron chi connectivity index (χ4n) is 10.2. The van der Waals surface area contributed by atoms with Crippen LogP contribution in [0.1, 0.15) is 303 Å². The molecular formula is C65H121NO8. The average molecular weight is 1040 g/mol. The monoisotopic (exact) mass is 1040 g/mol.